The molecule has 0 amide bonds. The van der Waals surface area contributed by atoms with Gasteiger partial charge in [-0.25, -0.2) is 0 Å². The molecule has 3 heteroatoms. The summed E-state index contributed by atoms with van der Waals surface area (Å²) in [6, 6.07) is 0. The molecule has 106 valence electrons. The van der Waals surface area contributed by atoms with Gasteiger partial charge in [-0.1, -0.05) is 19.3 Å². The van der Waals surface area contributed by atoms with Gasteiger partial charge in [0.2, 0.25) is 0 Å². The lowest BCUT2D eigenvalue weighted by molar-refractivity contribution is 0.0903. The second-order valence-corrected chi connectivity index (χ2v) is 10.2. The van der Waals surface area contributed by atoms with Crippen LogP contribution in [0.25, 0.3) is 0 Å². The zero-order valence-corrected chi connectivity index (χ0v) is 13.6. The molecule has 2 saturated carbocycles. The van der Waals surface area contributed by atoms with Crippen molar-refractivity contribution in [2.45, 2.75) is 95.9 Å². The summed E-state index contributed by atoms with van der Waals surface area (Å²) >= 11 is 0. The summed E-state index contributed by atoms with van der Waals surface area (Å²) in [7, 11) is -1.99. The van der Waals surface area contributed by atoms with E-state index in [1.54, 1.807) is 0 Å². The van der Waals surface area contributed by atoms with E-state index in [-0.39, 0.29) is 0 Å². The Labute approximate surface area is 114 Å². The average Bonchev–Trinajstić information content (AvgIpc) is 3.12. The van der Waals surface area contributed by atoms with Gasteiger partial charge >= 0.3 is 8.56 Å². The van der Waals surface area contributed by atoms with Crippen LogP contribution in [0.4, 0.5) is 0 Å². The zero-order chi connectivity index (χ0) is 13.2. The van der Waals surface area contributed by atoms with Crippen LogP contribution in [0.2, 0.25) is 11.1 Å². The maximum absolute atomic E-state index is 6.53. The second kappa shape index (κ2) is 6.06. The molecule has 0 aromatic heterocycles. The fourth-order valence-corrected chi connectivity index (χ4v) is 8.62. The molecule has 0 saturated heterocycles. The Morgan fingerprint density at radius 2 is 1.17 bits per heavy atom. The highest BCUT2D eigenvalue weighted by atomic mass is 28.4. The summed E-state index contributed by atoms with van der Waals surface area (Å²) in [5.74, 6) is 0. The molecule has 18 heavy (non-hydrogen) atoms. The summed E-state index contributed by atoms with van der Waals surface area (Å²) in [6.45, 7) is 8.71. The molecule has 0 atom stereocenters. The Balaban J connectivity index is 2.16. The van der Waals surface area contributed by atoms with E-state index >= 15 is 0 Å². The van der Waals surface area contributed by atoms with Crippen LogP contribution in [0, 0.1) is 0 Å². The molecule has 0 N–H and O–H groups in total. The van der Waals surface area contributed by atoms with Crippen molar-refractivity contribution in [3.8, 4) is 0 Å². The van der Waals surface area contributed by atoms with Crippen LogP contribution >= 0.6 is 0 Å². The summed E-state index contributed by atoms with van der Waals surface area (Å²) in [5.41, 5.74) is 1.54. The van der Waals surface area contributed by atoms with E-state index < -0.39 is 8.56 Å². The lowest BCUT2D eigenvalue weighted by Crippen LogP contribution is -2.51. The van der Waals surface area contributed by atoms with Crippen LogP contribution in [0.1, 0.15) is 72.6 Å². The first-order valence-electron chi connectivity index (χ1n) is 7.90. The van der Waals surface area contributed by atoms with E-state index in [2.05, 4.69) is 27.7 Å². The molecule has 0 aromatic rings. The summed E-state index contributed by atoms with van der Waals surface area (Å²) in [4.78, 5) is 0. The van der Waals surface area contributed by atoms with Gasteiger partial charge in [-0.15, -0.1) is 0 Å². The van der Waals surface area contributed by atoms with Crippen LogP contribution < -0.4 is 0 Å². The average molecular weight is 270 g/mol. The number of hydrogen-bond acceptors (Lipinski definition) is 2. The van der Waals surface area contributed by atoms with Crippen molar-refractivity contribution in [1.29, 1.82) is 0 Å². The van der Waals surface area contributed by atoms with E-state index in [1.165, 1.54) is 44.9 Å². The van der Waals surface area contributed by atoms with E-state index in [0.29, 0.717) is 12.2 Å². The smallest absolute Gasteiger partial charge is 0.345 e. The van der Waals surface area contributed by atoms with Crippen molar-refractivity contribution in [3.63, 3.8) is 0 Å². The van der Waals surface area contributed by atoms with Crippen molar-refractivity contribution in [2.75, 3.05) is 0 Å². The number of rotatable bonds is 6. The van der Waals surface area contributed by atoms with Gasteiger partial charge in [-0.3, -0.25) is 0 Å². The quantitative estimate of drug-likeness (QED) is 0.647. The van der Waals surface area contributed by atoms with Gasteiger partial charge < -0.3 is 8.85 Å². The highest BCUT2D eigenvalue weighted by molar-refractivity contribution is 6.71. The molecule has 0 aliphatic heterocycles. The third-order valence-corrected chi connectivity index (χ3v) is 9.27. The molecular formula is C15H30O2Si. The van der Waals surface area contributed by atoms with Crippen LogP contribution in [-0.4, -0.2) is 20.8 Å². The second-order valence-electron chi connectivity index (χ2n) is 6.66. The topological polar surface area (TPSA) is 18.5 Å². The highest BCUT2D eigenvalue weighted by Crippen LogP contribution is 2.55. The molecule has 0 unspecified atom stereocenters. The molecule has 0 spiro atoms. The molecular weight excluding hydrogens is 240 g/mol. The van der Waals surface area contributed by atoms with Gasteiger partial charge in [0.25, 0.3) is 0 Å². The first-order valence-corrected chi connectivity index (χ1v) is 9.87. The maximum Gasteiger partial charge on any atom is 0.345 e. The van der Waals surface area contributed by atoms with Crippen LogP contribution in [-0.2, 0) is 8.85 Å². The summed E-state index contributed by atoms with van der Waals surface area (Å²) < 4.78 is 13.1. The first-order chi connectivity index (χ1) is 8.54. The molecule has 2 fully saturated rings. The lowest BCUT2D eigenvalue weighted by Gasteiger charge is -2.42. The zero-order valence-electron chi connectivity index (χ0n) is 12.6. The van der Waals surface area contributed by atoms with Crippen molar-refractivity contribution in [2.24, 2.45) is 0 Å². The summed E-state index contributed by atoms with van der Waals surface area (Å²) in [5, 5.41) is 0. The minimum Gasteiger partial charge on any atom is -0.391 e. The molecule has 0 heterocycles. The Morgan fingerprint density at radius 3 is 1.56 bits per heavy atom. The van der Waals surface area contributed by atoms with Crippen molar-refractivity contribution in [1.82, 2.24) is 0 Å². The van der Waals surface area contributed by atoms with Crippen LogP contribution in [0.3, 0.4) is 0 Å². The third kappa shape index (κ3) is 3.37. The molecule has 2 aliphatic carbocycles. The third-order valence-electron chi connectivity index (χ3n) is 4.16. The van der Waals surface area contributed by atoms with Gasteiger partial charge in [-0.05, 0) is 53.4 Å². The minimum absolute atomic E-state index is 0.318. The maximum atomic E-state index is 6.53. The van der Waals surface area contributed by atoms with Crippen LogP contribution in [0.15, 0.2) is 0 Å². The Hall–Kier alpha value is 0.137. The minimum atomic E-state index is -1.99. The lowest BCUT2D eigenvalue weighted by atomic mass is 10.0. The SMILES string of the molecule is CC(C)O[Si](OC(C)C)(C1CCCCC1)C1CC1. The van der Waals surface area contributed by atoms with Crippen molar-refractivity contribution in [3.05, 3.63) is 0 Å². The van der Waals surface area contributed by atoms with Gasteiger partial charge in [0.15, 0.2) is 0 Å². The predicted molar refractivity (Wildman–Crippen MR) is 78.0 cm³/mol. The first kappa shape index (κ1) is 14.5. The van der Waals surface area contributed by atoms with E-state index in [9.17, 15) is 0 Å². The van der Waals surface area contributed by atoms with E-state index in [4.69, 9.17) is 8.85 Å². The fourth-order valence-electron chi connectivity index (χ4n) is 3.47. The highest BCUT2D eigenvalue weighted by Gasteiger charge is 2.57. The normalized spacial score (nSPS) is 23.0. The van der Waals surface area contributed by atoms with Gasteiger partial charge in [0.05, 0.1) is 0 Å². The monoisotopic (exact) mass is 270 g/mol. The molecule has 2 aliphatic rings. The van der Waals surface area contributed by atoms with Crippen molar-refractivity contribution >= 4 is 8.56 Å². The van der Waals surface area contributed by atoms with Gasteiger partial charge in [0.1, 0.15) is 0 Å². The largest absolute Gasteiger partial charge is 0.391 e. The number of hydrogen-bond donors (Lipinski definition) is 0. The predicted octanol–water partition coefficient (Wildman–Crippen LogP) is 4.78. The Morgan fingerprint density at radius 1 is 0.722 bits per heavy atom. The molecule has 2 nitrogen and oxygen atoms in total. The molecule has 2 rings (SSSR count). The fraction of sp³-hybridized carbons (Fsp3) is 1.00. The Kier molecular flexibility index (Phi) is 4.90. The molecule has 0 aromatic carbocycles. The molecule has 0 bridgehead atoms. The van der Waals surface area contributed by atoms with Crippen molar-refractivity contribution < 1.29 is 8.85 Å². The van der Waals surface area contributed by atoms with Gasteiger partial charge in [0, 0.05) is 23.3 Å². The van der Waals surface area contributed by atoms with Gasteiger partial charge in [-0.2, -0.15) is 0 Å². The molecule has 0 radical (unpaired) electrons. The standard InChI is InChI=1S/C15H30O2Si/c1-12(2)16-18(15-10-11-15,17-13(3)4)14-8-6-5-7-9-14/h12-15H,5-11H2,1-4H3. The van der Waals surface area contributed by atoms with Crippen LogP contribution in [0.5, 0.6) is 0 Å². The summed E-state index contributed by atoms with van der Waals surface area (Å²) in [6.07, 6.45) is 10.2. The van der Waals surface area contributed by atoms with E-state index in [0.717, 1.165) is 11.1 Å². The Bertz CT molecular complexity index is 245. The van der Waals surface area contributed by atoms with E-state index in [1.807, 2.05) is 0 Å².